The first-order chi connectivity index (χ1) is 9.08. The summed E-state index contributed by atoms with van der Waals surface area (Å²) in [5, 5.41) is 13.9. The first-order valence-electron chi connectivity index (χ1n) is 7.34. The van der Waals surface area contributed by atoms with Gasteiger partial charge >= 0.3 is 5.97 Å². The second-order valence-corrected chi connectivity index (χ2v) is 5.93. The van der Waals surface area contributed by atoms with Crippen LogP contribution in [0.15, 0.2) is 12.3 Å². The molecule has 106 valence electrons. The summed E-state index contributed by atoms with van der Waals surface area (Å²) in [7, 11) is 0. The van der Waals surface area contributed by atoms with Crippen LogP contribution in [-0.2, 0) is 11.2 Å². The summed E-state index contributed by atoms with van der Waals surface area (Å²) in [5.41, 5.74) is 1.03. The molecule has 2 atom stereocenters. The van der Waals surface area contributed by atoms with Crippen molar-refractivity contribution in [3.63, 3.8) is 0 Å². The Kier molecular flexibility index (Phi) is 4.61. The van der Waals surface area contributed by atoms with Gasteiger partial charge in [-0.1, -0.05) is 19.3 Å². The Bertz CT molecular complexity index is 426. The number of carbonyl (C=O) groups is 1. The van der Waals surface area contributed by atoms with E-state index in [9.17, 15) is 9.90 Å². The Morgan fingerprint density at radius 2 is 2.16 bits per heavy atom. The molecule has 0 bridgehead atoms. The van der Waals surface area contributed by atoms with Crippen LogP contribution in [-0.4, -0.2) is 20.9 Å². The third-order valence-electron chi connectivity index (χ3n) is 4.14. The minimum absolute atomic E-state index is 0.188. The van der Waals surface area contributed by atoms with Crippen LogP contribution in [0.3, 0.4) is 0 Å². The molecule has 1 saturated carbocycles. The fourth-order valence-corrected chi connectivity index (χ4v) is 3.00. The fourth-order valence-electron chi connectivity index (χ4n) is 3.00. The van der Waals surface area contributed by atoms with Crippen LogP contribution in [0.2, 0.25) is 0 Å². The molecule has 4 nitrogen and oxygen atoms in total. The molecule has 1 heterocycles. The molecular formula is C15H24N2O2. The Morgan fingerprint density at radius 3 is 2.79 bits per heavy atom. The number of hydrogen-bond acceptors (Lipinski definition) is 2. The van der Waals surface area contributed by atoms with Gasteiger partial charge in [-0.2, -0.15) is 5.10 Å². The third kappa shape index (κ3) is 3.58. The first-order valence-corrected chi connectivity index (χ1v) is 7.34. The monoisotopic (exact) mass is 264 g/mol. The highest BCUT2D eigenvalue weighted by atomic mass is 16.4. The van der Waals surface area contributed by atoms with Gasteiger partial charge in [0, 0.05) is 12.2 Å². The number of hydrogen-bond donors (Lipinski definition) is 1. The van der Waals surface area contributed by atoms with Crippen molar-refractivity contribution in [3.8, 4) is 0 Å². The van der Waals surface area contributed by atoms with E-state index in [4.69, 9.17) is 0 Å². The fraction of sp³-hybridized carbons (Fsp3) is 0.733. The Hall–Kier alpha value is -1.32. The molecular weight excluding hydrogens is 240 g/mol. The molecule has 2 unspecified atom stereocenters. The minimum atomic E-state index is -0.629. The second kappa shape index (κ2) is 6.22. The molecule has 4 heteroatoms. The van der Waals surface area contributed by atoms with Crippen LogP contribution in [0.4, 0.5) is 0 Å². The van der Waals surface area contributed by atoms with Crippen LogP contribution >= 0.6 is 0 Å². The van der Waals surface area contributed by atoms with Gasteiger partial charge in [0.15, 0.2) is 0 Å². The van der Waals surface area contributed by atoms with Crippen molar-refractivity contribution in [1.82, 2.24) is 9.78 Å². The molecule has 0 aliphatic heterocycles. The van der Waals surface area contributed by atoms with Crippen LogP contribution in [0, 0.1) is 11.8 Å². The maximum atomic E-state index is 11.4. The summed E-state index contributed by atoms with van der Waals surface area (Å²) in [4.78, 5) is 11.4. The predicted octanol–water partition coefficient (Wildman–Crippen LogP) is 3.29. The number of aliphatic carboxylic acids is 1. The van der Waals surface area contributed by atoms with Crippen molar-refractivity contribution in [3.05, 3.63) is 18.0 Å². The zero-order valence-electron chi connectivity index (χ0n) is 11.9. The molecule has 1 aromatic heterocycles. The van der Waals surface area contributed by atoms with Gasteiger partial charge in [0.2, 0.25) is 0 Å². The van der Waals surface area contributed by atoms with E-state index in [-0.39, 0.29) is 11.8 Å². The van der Waals surface area contributed by atoms with E-state index < -0.39 is 5.97 Å². The van der Waals surface area contributed by atoms with Crippen LogP contribution in [0.5, 0.6) is 0 Å². The molecule has 1 fully saturated rings. The van der Waals surface area contributed by atoms with Gasteiger partial charge in [-0.25, -0.2) is 0 Å². The number of carboxylic acid groups (broad SMARTS) is 1. The van der Waals surface area contributed by atoms with Gasteiger partial charge < -0.3 is 5.11 Å². The molecule has 1 N–H and O–H groups in total. The summed E-state index contributed by atoms with van der Waals surface area (Å²) in [6.07, 6.45) is 8.01. The average molecular weight is 264 g/mol. The number of rotatable bonds is 4. The molecule has 1 aliphatic carbocycles. The van der Waals surface area contributed by atoms with Crippen LogP contribution < -0.4 is 0 Å². The quantitative estimate of drug-likeness (QED) is 0.849. The Morgan fingerprint density at radius 1 is 1.42 bits per heavy atom. The van der Waals surface area contributed by atoms with E-state index in [0.717, 1.165) is 37.8 Å². The van der Waals surface area contributed by atoms with E-state index in [2.05, 4.69) is 18.9 Å². The average Bonchev–Trinajstić information content (AvgIpc) is 2.68. The van der Waals surface area contributed by atoms with Crippen molar-refractivity contribution in [2.75, 3.05) is 0 Å². The lowest BCUT2D eigenvalue weighted by Gasteiger charge is -2.20. The summed E-state index contributed by atoms with van der Waals surface area (Å²) >= 11 is 0. The maximum absolute atomic E-state index is 11.4. The van der Waals surface area contributed by atoms with E-state index in [1.807, 2.05) is 16.9 Å². The van der Waals surface area contributed by atoms with Crippen molar-refractivity contribution < 1.29 is 9.90 Å². The maximum Gasteiger partial charge on any atom is 0.306 e. The molecule has 0 amide bonds. The highest BCUT2D eigenvalue weighted by Crippen LogP contribution is 2.31. The van der Waals surface area contributed by atoms with Crippen molar-refractivity contribution in [2.45, 2.75) is 58.4 Å². The zero-order chi connectivity index (χ0) is 13.8. The summed E-state index contributed by atoms with van der Waals surface area (Å²) in [6, 6.07) is 2.39. The zero-order valence-corrected chi connectivity index (χ0v) is 11.9. The van der Waals surface area contributed by atoms with E-state index in [0.29, 0.717) is 6.04 Å². The molecule has 1 aromatic rings. The van der Waals surface area contributed by atoms with Crippen molar-refractivity contribution >= 4 is 5.97 Å². The SMILES string of the molecule is CC(C)n1ccc(CC2CCCCCC2C(=O)O)n1. The lowest BCUT2D eigenvalue weighted by atomic mass is 9.84. The van der Waals surface area contributed by atoms with Crippen molar-refractivity contribution in [1.29, 1.82) is 0 Å². The van der Waals surface area contributed by atoms with Gasteiger partial charge in [-0.3, -0.25) is 9.48 Å². The number of nitrogens with zero attached hydrogens (tertiary/aromatic N) is 2. The summed E-state index contributed by atoms with van der Waals surface area (Å²) in [5.74, 6) is -0.572. The van der Waals surface area contributed by atoms with Gasteiger partial charge in [-0.15, -0.1) is 0 Å². The van der Waals surface area contributed by atoms with Gasteiger partial charge in [0.1, 0.15) is 0 Å². The van der Waals surface area contributed by atoms with Gasteiger partial charge in [0.05, 0.1) is 11.6 Å². The lowest BCUT2D eigenvalue weighted by molar-refractivity contribution is -0.143. The molecule has 0 radical (unpaired) electrons. The first kappa shape index (κ1) is 14.1. The van der Waals surface area contributed by atoms with Crippen LogP contribution in [0.1, 0.15) is 57.7 Å². The third-order valence-corrected chi connectivity index (χ3v) is 4.14. The highest BCUT2D eigenvalue weighted by molar-refractivity contribution is 5.70. The van der Waals surface area contributed by atoms with Crippen LogP contribution in [0.25, 0.3) is 0 Å². The smallest absolute Gasteiger partial charge is 0.306 e. The van der Waals surface area contributed by atoms with Crippen molar-refractivity contribution in [2.24, 2.45) is 11.8 Å². The Labute approximate surface area is 114 Å². The topological polar surface area (TPSA) is 55.1 Å². The highest BCUT2D eigenvalue weighted by Gasteiger charge is 2.29. The summed E-state index contributed by atoms with van der Waals surface area (Å²) in [6.45, 7) is 4.20. The molecule has 1 aliphatic rings. The molecule has 0 saturated heterocycles. The molecule has 19 heavy (non-hydrogen) atoms. The van der Waals surface area contributed by atoms with E-state index >= 15 is 0 Å². The largest absolute Gasteiger partial charge is 0.481 e. The lowest BCUT2D eigenvalue weighted by Crippen LogP contribution is -2.24. The van der Waals surface area contributed by atoms with E-state index in [1.54, 1.807) is 0 Å². The predicted molar refractivity (Wildman–Crippen MR) is 74.0 cm³/mol. The van der Waals surface area contributed by atoms with E-state index in [1.165, 1.54) is 6.42 Å². The normalized spacial score (nSPS) is 24.4. The second-order valence-electron chi connectivity index (χ2n) is 5.93. The standard InChI is InChI=1S/C15H24N2O2/c1-11(2)17-9-8-13(16-17)10-12-6-4-3-5-7-14(12)15(18)19/h8-9,11-12,14H,3-7,10H2,1-2H3,(H,18,19). The van der Waals surface area contributed by atoms with Gasteiger partial charge in [0.25, 0.3) is 0 Å². The number of carboxylic acids is 1. The number of aromatic nitrogens is 2. The molecule has 0 aromatic carbocycles. The summed E-state index contributed by atoms with van der Waals surface area (Å²) < 4.78 is 1.95. The Balaban J connectivity index is 2.07. The molecule has 0 spiro atoms. The van der Waals surface area contributed by atoms with Gasteiger partial charge in [-0.05, 0) is 45.1 Å². The minimum Gasteiger partial charge on any atom is -0.481 e. The molecule has 2 rings (SSSR count).